The van der Waals surface area contributed by atoms with E-state index in [1.807, 2.05) is 49.4 Å². The molecule has 1 aliphatic rings. The Morgan fingerprint density at radius 2 is 1.61 bits per heavy atom. The van der Waals surface area contributed by atoms with Gasteiger partial charge in [0.05, 0.1) is 5.69 Å². The zero-order chi connectivity index (χ0) is 22.8. The fourth-order valence-electron chi connectivity index (χ4n) is 3.92. The zero-order valence-electron chi connectivity index (χ0n) is 18.7. The van der Waals surface area contributed by atoms with E-state index >= 15 is 0 Å². The standard InChI is InChI=1S/C27H26N4O2/c1-18-26(28-27(32)33-19(2)20-6-4-3-5-7-20)31(30-29-18)25-16-14-24(15-17-25)23-12-10-22(11-13-23)21-8-9-21/h3-7,10-17,19,21H,8-9H2,1-2H3,(H,28,32)/t19-/m1/s1. The van der Waals surface area contributed by atoms with Crippen molar-refractivity contribution in [2.24, 2.45) is 0 Å². The van der Waals surface area contributed by atoms with E-state index in [2.05, 4.69) is 52.0 Å². The molecule has 0 unspecified atom stereocenters. The molecular formula is C27H26N4O2. The lowest BCUT2D eigenvalue weighted by molar-refractivity contribution is 0.121. The minimum Gasteiger partial charge on any atom is -0.441 e. The summed E-state index contributed by atoms with van der Waals surface area (Å²) in [7, 11) is 0. The van der Waals surface area contributed by atoms with Gasteiger partial charge in [0.1, 0.15) is 11.8 Å². The average Bonchev–Trinajstić information content (AvgIpc) is 3.64. The first-order valence-corrected chi connectivity index (χ1v) is 11.2. The normalized spacial score (nSPS) is 14.0. The Hall–Kier alpha value is -3.93. The molecule has 0 bridgehead atoms. The third kappa shape index (κ3) is 4.65. The number of nitrogens with one attached hydrogen (secondary N) is 1. The van der Waals surface area contributed by atoms with Crippen molar-refractivity contribution in [1.82, 2.24) is 15.0 Å². The van der Waals surface area contributed by atoms with E-state index in [0.717, 1.165) is 22.7 Å². The summed E-state index contributed by atoms with van der Waals surface area (Å²) in [6.07, 6.45) is 1.69. The summed E-state index contributed by atoms with van der Waals surface area (Å²) < 4.78 is 7.16. The molecule has 1 saturated carbocycles. The predicted octanol–water partition coefficient (Wildman–Crippen LogP) is 6.43. The molecule has 1 N–H and O–H groups in total. The minimum absolute atomic E-state index is 0.374. The van der Waals surface area contributed by atoms with Gasteiger partial charge >= 0.3 is 6.09 Å². The molecule has 0 saturated heterocycles. The van der Waals surface area contributed by atoms with Gasteiger partial charge in [-0.25, -0.2) is 4.79 Å². The molecule has 1 aromatic heterocycles. The van der Waals surface area contributed by atoms with Crippen LogP contribution in [-0.2, 0) is 4.74 Å². The number of carbonyl (C=O) groups is 1. The number of rotatable bonds is 6. The number of hydrogen-bond acceptors (Lipinski definition) is 4. The molecule has 33 heavy (non-hydrogen) atoms. The van der Waals surface area contributed by atoms with E-state index in [1.165, 1.54) is 24.0 Å². The SMILES string of the molecule is Cc1nnn(-c2ccc(-c3ccc(C4CC4)cc3)cc2)c1NC(=O)O[C@H](C)c1ccccc1. The largest absolute Gasteiger partial charge is 0.441 e. The number of anilines is 1. The van der Waals surface area contributed by atoms with Gasteiger partial charge in [0.15, 0.2) is 5.82 Å². The molecule has 6 nitrogen and oxygen atoms in total. The third-order valence-corrected chi connectivity index (χ3v) is 6.02. The van der Waals surface area contributed by atoms with Crippen LogP contribution in [0.3, 0.4) is 0 Å². The summed E-state index contributed by atoms with van der Waals surface area (Å²) in [5.74, 6) is 1.24. The Morgan fingerprint density at radius 1 is 0.970 bits per heavy atom. The highest BCUT2D eigenvalue weighted by atomic mass is 16.6. The Balaban J connectivity index is 1.30. The number of ether oxygens (including phenoxy) is 1. The summed E-state index contributed by atoms with van der Waals surface area (Å²) in [5.41, 5.74) is 6.08. The molecule has 1 aliphatic carbocycles. The predicted molar refractivity (Wildman–Crippen MR) is 128 cm³/mol. The zero-order valence-corrected chi connectivity index (χ0v) is 18.7. The van der Waals surface area contributed by atoms with Crippen LogP contribution in [0.25, 0.3) is 16.8 Å². The lowest BCUT2D eigenvalue weighted by atomic mass is 10.0. The van der Waals surface area contributed by atoms with Crippen LogP contribution >= 0.6 is 0 Å². The van der Waals surface area contributed by atoms with Crippen LogP contribution in [0.4, 0.5) is 10.6 Å². The fraction of sp³-hybridized carbons (Fsp3) is 0.222. The molecule has 0 aliphatic heterocycles. The smallest absolute Gasteiger partial charge is 0.413 e. The van der Waals surface area contributed by atoms with Crippen molar-refractivity contribution in [3.05, 3.63) is 95.7 Å². The molecule has 166 valence electrons. The van der Waals surface area contributed by atoms with Crippen LogP contribution in [-0.4, -0.2) is 21.1 Å². The monoisotopic (exact) mass is 438 g/mol. The van der Waals surface area contributed by atoms with Crippen LogP contribution in [0.15, 0.2) is 78.9 Å². The highest BCUT2D eigenvalue weighted by Crippen LogP contribution is 2.40. The summed E-state index contributed by atoms with van der Waals surface area (Å²) in [4.78, 5) is 12.5. The van der Waals surface area contributed by atoms with E-state index in [9.17, 15) is 4.79 Å². The number of aromatic nitrogens is 3. The van der Waals surface area contributed by atoms with Crippen molar-refractivity contribution in [1.29, 1.82) is 0 Å². The van der Waals surface area contributed by atoms with Gasteiger partial charge in [0.2, 0.25) is 0 Å². The van der Waals surface area contributed by atoms with E-state index in [-0.39, 0.29) is 6.10 Å². The first-order valence-electron chi connectivity index (χ1n) is 11.2. The summed E-state index contributed by atoms with van der Waals surface area (Å²) >= 11 is 0. The number of benzene rings is 3. The maximum Gasteiger partial charge on any atom is 0.413 e. The van der Waals surface area contributed by atoms with Gasteiger partial charge in [-0.2, -0.15) is 4.68 Å². The maximum absolute atomic E-state index is 12.5. The van der Waals surface area contributed by atoms with Crippen molar-refractivity contribution < 1.29 is 9.53 Å². The lowest BCUT2D eigenvalue weighted by Gasteiger charge is -2.15. The Morgan fingerprint density at radius 3 is 2.24 bits per heavy atom. The second kappa shape index (κ2) is 8.90. The van der Waals surface area contributed by atoms with Gasteiger partial charge in [-0.1, -0.05) is 71.9 Å². The summed E-state index contributed by atoms with van der Waals surface area (Å²) in [5, 5.41) is 11.2. The van der Waals surface area contributed by atoms with Crippen molar-refractivity contribution in [2.75, 3.05) is 5.32 Å². The van der Waals surface area contributed by atoms with Crippen LogP contribution < -0.4 is 5.32 Å². The Bertz CT molecular complexity index is 1240. The molecule has 5 rings (SSSR count). The van der Waals surface area contributed by atoms with E-state index in [0.29, 0.717) is 11.5 Å². The van der Waals surface area contributed by atoms with E-state index in [4.69, 9.17) is 4.74 Å². The van der Waals surface area contributed by atoms with Crippen molar-refractivity contribution in [2.45, 2.75) is 38.7 Å². The first-order chi connectivity index (χ1) is 16.1. The Kier molecular flexibility index (Phi) is 5.65. The molecule has 0 spiro atoms. The topological polar surface area (TPSA) is 69.0 Å². The Labute approximate surface area is 193 Å². The van der Waals surface area contributed by atoms with Gasteiger partial charge in [-0.3, -0.25) is 5.32 Å². The fourth-order valence-corrected chi connectivity index (χ4v) is 3.92. The number of amides is 1. The minimum atomic E-state index is -0.551. The summed E-state index contributed by atoms with van der Waals surface area (Å²) in [6, 6.07) is 26.5. The second-order valence-corrected chi connectivity index (χ2v) is 8.46. The first kappa shape index (κ1) is 20.9. The van der Waals surface area contributed by atoms with E-state index < -0.39 is 6.09 Å². The number of aryl methyl sites for hydroxylation is 1. The van der Waals surface area contributed by atoms with E-state index in [1.54, 1.807) is 11.6 Å². The molecule has 1 fully saturated rings. The lowest BCUT2D eigenvalue weighted by Crippen LogP contribution is -2.18. The van der Waals surface area contributed by atoms with Crippen LogP contribution in [0.2, 0.25) is 0 Å². The van der Waals surface area contributed by atoms with Gasteiger partial charge in [0, 0.05) is 0 Å². The number of carbonyl (C=O) groups excluding carboxylic acids is 1. The van der Waals surface area contributed by atoms with Gasteiger partial charge < -0.3 is 4.74 Å². The average molecular weight is 439 g/mol. The summed E-state index contributed by atoms with van der Waals surface area (Å²) in [6.45, 7) is 3.64. The van der Waals surface area contributed by atoms with Crippen LogP contribution in [0, 0.1) is 6.92 Å². The van der Waals surface area contributed by atoms with Crippen molar-refractivity contribution in [3.63, 3.8) is 0 Å². The van der Waals surface area contributed by atoms with Gasteiger partial charge in [-0.05, 0) is 67.0 Å². The second-order valence-electron chi connectivity index (χ2n) is 8.46. The molecule has 4 aromatic rings. The maximum atomic E-state index is 12.5. The highest BCUT2D eigenvalue weighted by Gasteiger charge is 2.23. The van der Waals surface area contributed by atoms with Crippen molar-refractivity contribution in [3.8, 4) is 16.8 Å². The number of hydrogen-bond donors (Lipinski definition) is 1. The molecular weight excluding hydrogens is 412 g/mol. The van der Waals surface area contributed by atoms with Crippen LogP contribution in [0.1, 0.15) is 48.6 Å². The molecule has 1 atom stereocenters. The molecule has 1 heterocycles. The molecule has 6 heteroatoms. The molecule has 3 aromatic carbocycles. The van der Waals surface area contributed by atoms with Crippen molar-refractivity contribution >= 4 is 11.9 Å². The highest BCUT2D eigenvalue weighted by molar-refractivity contribution is 5.84. The number of nitrogens with zero attached hydrogens (tertiary/aromatic N) is 3. The van der Waals surface area contributed by atoms with Gasteiger partial charge in [-0.15, -0.1) is 5.10 Å². The molecule has 0 radical (unpaired) electrons. The quantitative estimate of drug-likeness (QED) is 0.377. The van der Waals surface area contributed by atoms with Crippen LogP contribution in [0.5, 0.6) is 0 Å². The third-order valence-electron chi connectivity index (χ3n) is 6.02. The molecule has 1 amide bonds. The van der Waals surface area contributed by atoms with Gasteiger partial charge in [0.25, 0.3) is 0 Å².